The summed E-state index contributed by atoms with van der Waals surface area (Å²) in [5.74, 6) is -0.0914. The molecule has 0 bridgehead atoms. The number of halogens is 1. The Balaban J connectivity index is 1.81. The third-order valence-corrected chi connectivity index (χ3v) is 3.08. The molecule has 0 saturated carbocycles. The molecule has 1 heterocycles. The predicted molar refractivity (Wildman–Crippen MR) is 80.8 cm³/mol. The van der Waals surface area contributed by atoms with Gasteiger partial charge >= 0.3 is 0 Å². The summed E-state index contributed by atoms with van der Waals surface area (Å²) in [7, 11) is 1.79. The summed E-state index contributed by atoms with van der Waals surface area (Å²) in [4.78, 5) is 16.3. The summed E-state index contributed by atoms with van der Waals surface area (Å²) in [5.41, 5.74) is 1.82. The minimum Gasteiger partial charge on any atom is -0.322 e. The standard InChI is InChI=1S/C16H13FN4O/c1-21-10-18-15(20-21)12-3-2-4-14(9-12)19-16(22)11-5-7-13(17)8-6-11/h2-10H,1H3,(H,19,22). The van der Waals surface area contributed by atoms with E-state index >= 15 is 0 Å². The third kappa shape index (κ3) is 3.01. The van der Waals surface area contributed by atoms with Crippen molar-refractivity contribution >= 4 is 11.6 Å². The zero-order valence-electron chi connectivity index (χ0n) is 11.8. The monoisotopic (exact) mass is 296 g/mol. The molecule has 22 heavy (non-hydrogen) atoms. The normalized spacial score (nSPS) is 10.5. The van der Waals surface area contributed by atoms with E-state index in [-0.39, 0.29) is 11.7 Å². The van der Waals surface area contributed by atoms with Crippen LogP contribution in [0.2, 0.25) is 0 Å². The molecule has 2 aromatic carbocycles. The number of hydrogen-bond acceptors (Lipinski definition) is 3. The lowest BCUT2D eigenvalue weighted by Crippen LogP contribution is -2.11. The van der Waals surface area contributed by atoms with Crippen LogP contribution in [0, 0.1) is 5.82 Å². The first-order chi connectivity index (χ1) is 10.6. The maximum atomic E-state index is 12.9. The molecule has 1 amide bonds. The topological polar surface area (TPSA) is 59.8 Å². The highest BCUT2D eigenvalue weighted by Crippen LogP contribution is 2.19. The first-order valence-corrected chi connectivity index (χ1v) is 6.65. The Labute approximate surface area is 126 Å². The molecule has 0 fully saturated rings. The smallest absolute Gasteiger partial charge is 0.255 e. The molecule has 0 saturated heterocycles. The summed E-state index contributed by atoms with van der Waals surface area (Å²) in [5, 5.41) is 6.99. The fourth-order valence-electron chi connectivity index (χ4n) is 2.01. The second-order valence-corrected chi connectivity index (χ2v) is 4.78. The van der Waals surface area contributed by atoms with Crippen molar-refractivity contribution in [3.8, 4) is 11.4 Å². The lowest BCUT2D eigenvalue weighted by Gasteiger charge is -2.06. The zero-order chi connectivity index (χ0) is 15.5. The van der Waals surface area contributed by atoms with E-state index in [1.54, 1.807) is 30.2 Å². The van der Waals surface area contributed by atoms with Gasteiger partial charge in [0.05, 0.1) is 0 Å². The van der Waals surface area contributed by atoms with E-state index in [2.05, 4.69) is 15.4 Å². The molecule has 6 heteroatoms. The van der Waals surface area contributed by atoms with Crippen LogP contribution in [0.5, 0.6) is 0 Å². The van der Waals surface area contributed by atoms with Gasteiger partial charge in [-0.25, -0.2) is 9.37 Å². The van der Waals surface area contributed by atoms with Crippen molar-refractivity contribution < 1.29 is 9.18 Å². The van der Waals surface area contributed by atoms with Gasteiger partial charge in [-0.15, -0.1) is 0 Å². The minimum absolute atomic E-state index is 0.300. The number of rotatable bonds is 3. The van der Waals surface area contributed by atoms with Crippen LogP contribution in [0.3, 0.4) is 0 Å². The van der Waals surface area contributed by atoms with Gasteiger partial charge in [0.1, 0.15) is 12.1 Å². The number of carbonyl (C=O) groups is 1. The first kappa shape index (κ1) is 13.9. The largest absolute Gasteiger partial charge is 0.322 e. The van der Waals surface area contributed by atoms with E-state index < -0.39 is 0 Å². The van der Waals surface area contributed by atoms with Crippen LogP contribution in [0.4, 0.5) is 10.1 Å². The average molecular weight is 296 g/mol. The van der Waals surface area contributed by atoms with Crippen molar-refractivity contribution in [3.05, 3.63) is 66.2 Å². The van der Waals surface area contributed by atoms with Gasteiger partial charge in [0.25, 0.3) is 5.91 Å². The Bertz CT molecular complexity index is 811. The second kappa shape index (κ2) is 5.77. The SMILES string of the molecule is Cn1cnc(-c2cccc(NC(=O)c3ccc(F)cc3)c2)n1. The molecule has 3 aromatic rings. The van der Waals surface area contributed by atoms with Gasteiger partial charge in [-0.05, 0) is 36.4 Å². The molecule has 0 spiro atoms. The number of benzene rings is 2. The Kier molecular flexibility index (Phi) is 3.65. The van der Waals surface area contributed by atoms with Gasteiger partial charge in [0.15, 0.2) is 5.82 Å². The fourth-order valence-corrected chi connectivity index (χ4v) is 2.01. The Hall–Kier alpha value is -3.02. The van der Waals surface area contributed by atoms with Crippen molar-refractivity contribution in [2.24, 2.45) is 7.05 Å². The van der Waals surface area contributed by atoms with E-state index in [4.69, 9.17) is 0 Å². The number of aryl methyl sites for hydroxylation is 1. The van der Waals surface area contributed by atoms with Crippen molar-refractivity contribution in [2.45, 2.75) is 0 Å². The average Bonchev–Trinajstić information content (AvgIpc) is 2.95. The molecule has 110 valence electrons. The summed E-state index contributed by atoms with van der Waals surface area (Å²) in [6.45, 7) is 0. The number of aromatic nitrogens is 3. The van der Waals surface area contributed by atoms with Gasteiger partial charge in [0.2, 0.25) is 0 Å². The van der Waals surface area contributed by atoms with Crippen molar-refractivity contribution in [1.29, 1.82) is 0 Å². The molecule has 5 nitrogen and oxygen atoms in total. The van der Waals surface area contributed by atoms with Gasteiger partial charge in [-0.3, -0.25) is 9.48 Å². The molecule has 3 rings (SSSR count). The van der Waals surface area contributed by atoms with E-state index in [0.29, 0.717) is 17.1 Å². The Morgan fingerprint density at radius 3 is 2.64 bits per heavy atom. The van der Waals surface area contributed by atoms with Crippen LogP contribution in [-0.2, 0) is 7.05 Å². The van der Waals surface area contributed by atoms with Crippen molar-refractivity contribution in [2.75, 3.05) is 5.32 Å². The molecule has 0 aliphatic heterocycles. The lowest BCUT2D eigenvalue weighted by atomic mass is 10.1. The van der Waals surface area contributed by atoms with E-state index in [1.165, 1.54) is 24.3 Å². The Morgan fingerprint density at radius 2 is 1.95 bits per heavy atom. The minimum atomic E-state index is -0.375. The third-order valence-electron chi connectivity index (χ3n) is 3.08. The van der Waals surface area contributed by atoms with Crippen molar-refractivity contribution in [1.82, 2.24) is 14.8 Å². The van der Waals surface area contributed by atoms with Gasteiger partial charge in [-0.2, -0.15) is 5.10 Å². The molecule has 0 unspecified atom stereocenters. The highest BCUT2D eigenvalue weighted by molar-refractivity contribution is 6.04. The van der Waals surface area contributed by atoms with Crippen LogP contribution in [0.25, 0.3) is 11.4 Å². The van der Waals surface area contributed by atoms with Crippen LogP contribution < -0.4 is 5.32 Å². The molecule has 0 aliphatic rings. The molecule has 1 aromatic heterocycles. The van der Waals surface area contributed by atoms with E-state index in [9.17, 15) is 9.18 Å². The van der Waals surface area contributed by atoms with Gasteiger partial charge < -0.3 is 5.32 Å². The highest BCUT2D eigenvalue weighted by Gasteiger charge is 2.08. The molecule has 0 radical (unpaired) electrons. The number of carbonyl (C=O) groups excluding carboxylic acids is 1. The number of hydrogen-bond donors (Lipinski definition) is 1. The second-order valence-electron chi connectivity index (χ2n) is 4.78. The highest BCUT2D eigenvalue weighted by atomic mass is 19.1. The summed E-state index contributed by atoms with van der Waals surface area (Å²) in [6, 6.07) is 12.6. The van der Waals surface area contributed by atoms with Crippen LogP contribution in [0.1, 0.15) is 10.4 Å². The van der Waals surface area contributed by atoms with E-state index in [1.807, 2.05) is 12.1 Å². The lowest BCUT2D eigenvalue weighted by molar-refractivity contribution is 0.102. The first-order valence-electron chi connectivity index (χ1n) is 6.65. The van der Waals surface area contributed by atoms with Gasteiger partial charge in [0, 0.05) is 23.9 Å². The van der Waals surface area contributed by atoms with Crippen molar-refractivity contribution in [3.63, 3.8) is 0 Å². The molecule has 0 atom stereocenters. The molecule has 1 N–H and O–H groups in total. The van der Waals surface area contributed by atoms with Crippen LogP contribution in [-0.4, -0.2) is 20.7 Å². The maximum absolute atomic E-state index is 12.9. The summed E-state index contributed by atoms with van der Waals surface area (Å²) < 4.78 is 14.5. The van der Waals surface area contributed by atoms with E-state index in [0.717, 1.165) is 5.56 Å². The summed E-state index contributed by atoms with van der Waals surface area (Å²) >= 11 is 0. The van der Waals surface area contributed by atoms with Crippen LogP contribution in [0.15, 0.2) is 54.9 Å². The predicted octanol–water partition coefficient (Wildman–Crippen LogP) is 2.87. The number of nitrogens with zero attached hydrogens (tertiary/aromatic N) is 3. The number of amides is 1. The molecular formula is C16H13FN4O. The zero-order valence-corrected chi connectivity index (χ0v) is 11.8. The van der Waals surface area contributed by atoms with Crippen LogP contribution >= 0.6 is 0 Å². The Morgan fingerprint density at radius 1 is 1.18 bits per heavy atom. The fraction of sp³-hybridized carbons (Fsp3) is 0.0625. The summed E-state index contributed by atoms with van der Waals surface area (Å²) in [6.07, 6.45) is 1.61. The number of nitrogens with one attached hydrogen (secondary N) is 1. The molecule has 0 aliphatic carbocycles. The maximum Gasteiger partial charge on any atom is 0.255 e. The van der Waals surface area contributed by atoms with Gasteiger partial charge in [-0.1, -0.05) is 12.1 Å². The quantitative estimate of drug-likeness (QED) is 0.808. The number of anilines is 1. The molecular weight excluding hydrogens is 283 g/mol.